The zero-order valence-electron chi connectivity index (χ0n) is 9.94. The van der Waals surface area contributed by atoms with E-state index in [1.807, 2.05) is 24.3 Å². The van der Waals surface area contributed by atoms with Crippen LogP contribution in [0.5, 0.6) is 0 Å². The van der Waals surface area contributed by atoms with Crippen LogP contribution in [0.15, 0.2) is 24.3 Å². The first kappa shape index (κ1) is 11.8. The highest BCUT2D eigenvalue weighted by Crippen LogP contribution is 2.34. The van der Waals surface area contributed by atoms with Gasteiger partial charge < -0.3 is 4.74 Å². The molecule has 0 radical (unpaired) electrons. The van der Waals surface area contributed by atoms with Gasteiger partial charge in [0.15, 0.2) is 5.78 Å². The molecule has 0 saturated heterocycles. The van der Waals surface area contributed by atoms with Crippen molar-refractivity contribution in [2.24, 2.45) is 0 Å². The van der Waals surface area contributed by atoms with Crippen LogP contribution in [0.1, 0.15) is 36.8 Å². The van der Waals surface area contributed by atoms with E-state index in [1.165, 1.54) is 5.56 Å². The summed E-state index contributed by atoms with van der Waals surface area (Å²) < 4.78 is 4.80. The molecule has 0 aromatic heterocycles. The molecule has 1 unspecified atom stereocenters. The minimum Gasteiger partial charge on any atom is -0.466 e. The number of aryl methyl sites for hydroxylation is 1. The van der Waals surface area contributed by atoms with Crippen molar-refractivity contribution in [2.45, 2.75) is 32.1 Å². The van der Waals surface area contributed by atoms with Gasteiger partial charge in [-0.1, -0.05) is 24.3 Å². The zero-order chi connectivity index (χ0) is 12.3. The molecule has 1 aliphatic rings. The van der Waals surface area contributed by atoms with Crippen molar-refractivity contribution in [3.8, 4) is 0 Å². The number of benzene rings is 1. The smallest absolute Gasteiger partial charge is 0.313 e. The van der Waals surface area contributed by atoms with Gasteiger partial charge in [-0.25, -0.2) is 0 Å². The number of ketones is 1. The molecule has 1 aromatic rings. The van der Waals surface area contributed by atoms with Gasteiger partial charge in [0.05, 0.1) is 6.61 Å². The highest BCUT2D eigenvalue weighted by atomic mass is 16.5. The normalized spacial score (nSPS) is 17.6. The molecule has 0 heterocycles. The molecule has 1 aromatic carbocycles. The van der Waals surface area contributed by atoms with Crippen molar-refractivity contribution in [2.75, 3.05) is 6.61 Å². The number of carbonyl (C=O) groups is 2. The van der Waals surface area contributed by atoms with Crippen molar-refractivity contribution in [3.05, 3.63) is 35.4 Å². The molecular weight excluding hydrogens is 216 g/mol. The summed E-state index contributed by atoms with van der Waals surface area (Å²) in [4.78, 5) is 23.3. The monoisotopic (exact) mass is 232 g/mol. The third-order valence-electron chi connectivity index (χ3n) is 3.15. The van der Waals surface area contributed by atoms with Crippen LogP contribution in [-0.2, 0) is 20.7 Å². The number of ether oxygens (including phenoxy) is 1. The van der Waals surface area contributed by atoms with Crippen molar-refractivity contribution in [1.82, 2.24) is 0 Å². The molecular formula is C14H16O3. The van der Waals surface area contributed by atoms with E-state index in [9.17, 15) is 9.59 Å². The fourth-order valence-electron chi connectivity index (χ4n) is 2.37. The third kappa shape index (κ3) is 2.54. The molecule has 0 spiro atoms. The summed E-state index contributed by atoms with van der Waals surface area (Å²) >= 11 is 0. The Morgan fingerprint density at radius 1 is 1.35 bits per heavy atom. The first-order valence-corrected chi connectivity index (χ1v) is 5.98. The van der Waals surface area contributed by atoms with Gasteiger partial charge in [-0.15, -0.1) is 0 Å². The quantitative estimate of drug-likeness (QED) is 0.590. The SMILES string of the molecule is CCOC(=O)CC(=O)C1CCc2ccccc21. The molecule has 17 heavy (non-hydrogen) atoms. The molecule has 2 rings (SSSR count). The topological polar surface area (TPSA) is 43.4 Å². The van der Waals surface area contributed by atoms with Gasteiger partial charge in [0.1, 0.15) is 6.42 Å². The first-order valence-electron chi connectivity index (χ1n) is 5.98. The largest absolute Gasteiger partial charge is 0.466 e. The summed E-state index contributed by atoms with van der Waals surface area (Å²) in [6.45, 7) is 2.07. The van der Waals surface area contributed by atoms with Gasteiger partial charge in [-0.2, -0.15) is 0 Å². The Hall–Kier alpha value is -1.64. The molecule has 1 atom stereocenters. The zero-order valence-corrected chi connectivity index (χ0v) is 9.94. The van der Waals surface area contributed by atoms with E-state index in [4.69, 9.17) is 4.74 Å². The number of rotatable bonds is 4. The van der Waals surface area contributed by atoms with Gasteiger partial charge in [-0.3, -0.25) is 9.59 Å². The Balaban J connectivity index is 2.05. The lowest BCUT2D eigenvalue weighted by Gasteiger charge is -2.09. The molecule has 3 nitrogen and oxygen atoms in total. The van der Waals surface area contributed by atoms with Crippen LogP contribution in [0, 0.1) is 0 Å². The number of hydrogen-bond donors (Lipinski definition) is 0. The molecule has 90 valence electrons. The second-order valence-corrected chi connectivity index (χ2v) is 4.24. The average Bonchev–Trinajstić information content (AvgIpc) is 2.72. The molecule has 0 saturated carbocycles. The number of fused-ring (bicyclic) bond motifs is 1. The maximum atomic E-state index is 12.0. The lowest BCUT2D eigenvalue weighted by Crippen LogP contribution is -2.16. The van der Waals surface area contributed by atoms with Crippen molar-refractivity contribution in [3.63, 3.8) is 0 Å². The Morgan fingerprint density at radius 3 is 2.88 bits per heavy atom. The molecule has 0 bridgehead atoms. The summed E-state index contributed by atoms with van der Waals surface area (Å²) in [5.41, 5.74) is 2.32. The summed E-state index contributed by atoms with van der Waals surface area (Å²) in [5.74, 6) is -0.550. The number of carbonyl (C=O) groups excluding carboxylic acids is 2. The standard InChI is InChI=1S/C14H16O3/c1-2-17-14(16)9-13(15)12-8-7-10-5-3-4-6-11(10)12/h3-6,12H,2,7-9H2,1H3. The van der Waals surface area contributed by atoms with E-state index in [1.54, 1.807) is 6.92 Å². The highest BCUT2D eigenvalue weighted by molar-refractivity contribution is 5.99. The van der Waals surface area contributed by atoms with Crippen LogP contribution in [0.2, 0.25) is 0 Å². The Morgan fingerprint density at radius 2 is 2.12 bits per heavy atom. The molecule has 0 fully saturated rings. The van der Waals surface area contributed by atoms with E-state index < -0.39 is 5.97 Å². The highest BCUT2D eigenvalue weighted by Gasteiger charge is 2.29. The van der Waals surface area contributed by atoms with Crippen molar-refractivity contribution in [1.29, 1.82) is 0 Å². The van der Waals surface area contributed by atoms with Crippen LogP contribution >= 0.6 is 0 Å². The Labute approximate surface area is 101 Å². The van der Waals surface area contributed by atoms with E-state index >= 15 is 0 Å². The first-order chi connectivity index (χ1) is 8.22. The van der Waals surface area contributed by atoms with Crippen molar-refractivity contribution >= 4 is 11.8 Å². The van der Waals surface area contributed by atoms with Crippen LogP contribution < -0.4 is 0 Å². The molecule has 1 aliphatic carbocycles. The van der Waals surface area contributed by atoms with Gasteiger partial charge >= 0.3 is 5.97 Å². The van der Waals surface area contributed by atoms with Gasteiger partial charge in [0.25, 0.3) is 0 Å². The Kier molecular flexibility index (Phi) is 3.57. The van der Waals surface area contributed by atoms with E-state index in [0.717, 1.165) is 18.4 Å². The Bertz CT molecular complexity index is 437. The molecule has 3 heteroatoms. The van der Waals surface area contributed by atoms with Crippen LogP contribution in [0.4, 0.5) is 0 Å². The number of esters is 1. The van der Waals surface area contributed by atoms with Crippen molar-refractivity contribution < 1.29 is 14.3 Å². The average molecular weight is 232 g/mol. The second kappa shape index (κ2) is 5.13. The molecule has 0 N–H and O–H groups in total. The minimum absolute atomic E-state index is 0.0200. The van der Waals surface area contributed by atoms with Gasteiger partial charge in [0, 0.05) is 5.92 Å². The minimum atomic E-state index is -0.415. The van der Waals surface area contributed by atoms with Crippen LogP contribution in [-0.4, -0.2) is 18.4 Å². The maximum Gasteiger partial charge on any atom is 0.313 e. The molecule has 0 amide bonds. The van der Waals surface area contributed by atoms with E-state index in [-0.39, 0.29) is 18.1 Å². The summed E-state index contributed by atoms with van der Waals surface area (Å²) in [7, 11) is 0. The summed E-state index contributed by atoms with van der Waals surface area (Å²) in [5, 5.41) is 0. The fourth-order valence-corrected chi connectivity index (χ4v) is 2.37. The predicted octanol–water partition coefficient (Wildman–Crippen LogP) is 2.24. The third-order valence-corrected chi connectivity index (χ3v) is 3.15. The fraction of sp³-hybridized carbons (Fsp3) is 0.429. The predicted molar refractivity (Wildman–Crippen MR) is 63.8 cm³/mol. The number of Topliss-reactive ketones (excluding diaryl/α,β-unsaturated/α-hetero) is 1. The second-order valence-electron chi connectivity index (χ2n) is 4.24. The maximum absolute atomic E-state index is 12.0. The van der Waals surface area contributed by atoms with Gasteiger partial charge in [-0.05, 0) is 30.9 Å². The van der Waals surface area contributed by atoms with E-state index in [2.05, 4.69) is 0 Å². The van der Waals surface area contributed by atoms with Crippen LogP contribution in [0.3, 0.4) is 0 Å². The van der Waals surface area contributed by atoms with Gasteiger partial charge in [0.2, 0.25) is 0 Å². The summed E-state index contributed by atoms with van der Waals surface area (Å²) in [6, 6.07) is 7.95. The molecule has 0 aliphatic heterocycles. The van der Waals surface area contributed by atoms with E-state index in [0.29, 0.717) is 6.61 Å². The number of hydrogen-bond acceptors (Lipinski definition) is 3. The lowest BCUT2D eigenvalue weighted by atomic mass is 9.95. The van der Waals surface area contributed by atoms with Crippen LogP contribution in [0.25, 0.3) is 0 Å². The summed E-state index contributed by atoms with van der Waals surface area (Å²) in [6.07, 6.45) is 1.64. The lowest BCUT2D eigenvalue weighted by molar-refractivity contribution is -0.145.